The van der Waals surface area contributed by atoms with Crippen molar-refractivity contribution in [2.45, 2.75) is 71.4 Å². The van der Waals surface area contributed by atoms with Gasteiger partial charge in [0.15, 0.2) is 5.82 Å². The molecule has 3 aromatic rings. The number of pyridine rings is 1. The zero-order valence-corrected chi connectivity index (χ0v) is 25.0. The highest BCUT2D eigenvalue weighted by Crippen LogP contribution is 2.24. The molecule has 4 N–H and O–H groups in total. The summed E-state index contributed by atoms with van der Waals surface area (Å²) < 4.78 is 29.5. The summed E-state index contributed by atoms with van der Waals surface area (Å²) in [5.74, 6) is -3.00. The van der Waals surface area contributed by atoms with Gasteiger partial charge in [-0.05, 0) is 37.3 Å². The van der Waals surface area contributed by atoms with Gasteiger partial charge in [-0.1, -0.05) is 33.1 Å². The van der Waals surface area contributed by atoms with Crippen LogP contribution in [0.25, 0.3) is 16.3 Å². The first-order valence-corrected chi connectivity index (χ1v) is 14.9. The number of hydrogen-bond acceptors (Lipinski definition) is 9. The molecule has 2 amide bonds. The molecule has 1 atom stereocenters. The van der Waals surface area contributed by atoms with E-state index in [4.69, 9.17) is 5.73 Å². The number of thiazole rings is 1. The zero-order chi connectivity index (χ0) is 31.1. The highest BCUT2D eigenvalue weighted by Gasteiger charge is 2.24. The molecule has 0 saturated heterocycles. The first-order valence-electron chi connectivity index (χ1n) is 14.0. The number of carbonyl (C=O) groups is 3. The Kier molecular flexibility index (Phi) is 10.5. The second-order valence-corrected chi connectivity index (χ2v) is 11.6. The number of halogens is 2. The van der Waals surface area contributed by atoms with E-state index in [1.54, 1.807) is 0 Å². The van der Waals surface area contributed by atoms with E-state index in [0.29, 0.717) is 17.0 Å². The Morgan fingerprint density at radius 1 is 1.19 bits per heavy atom. The van der Waals surface area contributed by atoms with Crippen LogP contribution < -0.4 is 16.4 Å². The van der Waals surface area contributed by atoms with E-state index in [0.717, 1.165) is 60.3 Å². The predicted molar refractivity (Wildman–Crippen MR) is 159 cm³/mol. The van der Waals surface area contributed by atoms with E-state index in [1.807, 2.05) is 13.8 Å². The van der Waals surface area contributed by atoms with Crippen LogP contribution in [0.2, 0.25) is 0 Å². The monoisotopic (exact) mass is 612 g/mol. The van der Waals surface area contributed by atoms with Crippen molar-refractivity contribution in [1.29, 1.82) is 0 Å². The molecule has 0 aromatic carbocycles. The average Bonchev–Trinajstić information content (AvgIpc) is 3.66. The summed E-state index contributed by atoms with van der Waals surface area (Å²) in [6, 6.07) is 1.05. The van der Waals surface area contributed by atoms with Crippen molar-refractivity contribution in [3.8, 4) is 10.6 Å². The summed E-state index contributed by atoms with van der Waals surface area (Å²) in [6.45, 7) is 5.23. The first kappa shape index (κ1) is 31.6. The maximum atomic E-state index is 14.5. The maximum Gasteiger partial charge on any atom is 0.275 e. The highest BCUT2D eigenvalue weighted by molar-refractivity contribution is 7.13. The van der Waals surface area contributed by atoms with Crippen LogP contribution in [-0.4, -0.2) is 55.8 Å². The van der Waals surface area contributed by atoms with Crippen molar-refractivity contribution in [1.82, 2.24) is 30.4 Å². The van der Waals surface area contributed by atoms with E-state index in [-0.39, 0.29) is 35.0 Å². The fourth-order valence-corrected chi connectivity index (χ4v) is 5.44. The lowest BCUT2D eigenvalue weighted by molar-refractivity contribution is -0.119. The predicted octanol–water partition coefficient (Wildman–Crippen LogP) is 4.33. The van der Waals surface area contributed by atoms with Gasteiger partial charge < -0.3 is 16.4 Å². The van der Waals surface area contributed by atoms with E-state index in [2.05, 4.69) is 30.7 Å². The molecule has 1 saturated carbocycles. The van der Waals surface area contributed by atoms with E-state index < -0.39 is 35.3 Å². The second-order valence-electron chi connectivity index (χ2n) is 10.7. The van der Waals surface area contributed by atoms with Gasteiger partial charge in [-0.25, -0.2) is 19.0 Å². The molecule has 0 spiro atoms. The number of nitrogens with two attached hydrogens (primary N) is 1. The largest absolute Gasteiger partial charge is 0.395 e. The minimum Gasteiger partial charge on any atom is -0.395 e. The Morgan fingerprint density at radius 2 is 1.93 bits per heavy atom. The van der Waals surface area contributed by atoms with Crippen molar-refractivity contribution in [3.05, 3.63) is 58.8 Å². The molecular weight excluding hydrogens is 578 g/mol. The molecule has 4 rings (SSSR count). The number of carbonyl (C=O) groups excluding carboxylic acids is 3. The van der Waals surface area contributed by atoms with Gasteiger partial charge in [-0.2, -0.15) is 9.49 Å². The van der Waals surface area contributed by atoms with Crippen molar-refractivity contribution >= 4 is 41.0 Å². The number of nitrogens with zero attached hydrogens (tertiary/aromatic N) is 5. The Morgan fingerprint density at radius 3 is 2.63 bits per heavy atom. The molecule has 3 aromatic heterocycles. The summed E-state index contributed by atoms with van der Waals surface area (Å²) in [5, 5.41) is 11.4. The third-order valence-corrected chi connectivity index (χ3v) is 7.66. The topological polar surface area (TPSA) is 157 Å². The summed E-state index contributed by atoms with van der Waals surface area (Å²) >= 11 is 1.15. The Labute approximate surface area is 251 Å². The van der Waals surface area contributed by atoms with E-state index >= 15 is 0 Å². The third kappa shape index (κ3) is 8.37. The molecule has 14 heteroatoms. The van der Waals surface area contributed by atoms with Gasteiger partial charge in [-0.3, -0.25) is 19.4 Å². The maximum absolute atomic E-state index is 14.5. The van der Waals surface area contributed by atoms with Gasteiger partial charge in [0.2, 0.25) is 11.9 Å². The summed E-state index contributed by atoms with van der Waals surface area (Å²) in [4.78, 5) is 50.3. The van der Waals surface area contributed by atoms with Gasteiger partial charge in [-0.15, -0.1) is 11.3 Å². The van der Waals surface area contributed by atoms with E-state index in [9.17, 15) is 23.2 Å². The molecule has 11 nitrogen and oxygen atoms in total. The standard InChI is InChI=1S/C29H34F2N8O3S/c1-16(2)11-21(35-17(3)40)29(42)39-14-18(12-34-39)28-37-23(15-43-28)27(41)36-22(13-33-19-7-5-4-6-8-19)25(32)26-20(30)9-10-24(31)38-26/h9-10,12-16,19,21H,4-8,11,32H2,1-3H3,(H,35,40)(H,36,41)/t21-/m0/s1. The van der Waals surface area contributed by atoms with Crippen LogP contribution >= 0.6 is 11.3 Å². The van der Waals surface area contributed by atoms with Crippen LogP contribution in [0.1, 0.15) is 80.3 Å². The Hall–Kier alpha value is -4.33. The molecule has 0 bridgehead atoms. The molecule has 0 aliphatic heterocycles. The van der Waals surface area contributed by atoms with Crippen LogP contribution in [0.15, 0.2) is 40.6 Å². The van der Waals surface area contributed by atoms with Crippen LogP contribution in [0.4, 0.5) is 8.78 Å². The smallest absolute Gasteiger partial charge is 0.275 e. The first-order chi connectivity index (χ1) is 20.5. The Bertz CT molecular complexity index is 1540. The number of allylic oxidation sites excluding steroid dienone is 1. The second kappa shape index (κ2) is 14.2. The highest BCUT2D eigenvalue weighted by atomic mass is 32.1. The van der Waals surface area contributed by atoms with Crippen molar-refractivity contribution < 1.29 is 23.2 Å². The molecule has 0 unspecified atom stereocenters. The lowest BCUT2D eigenvalue weighted by atomic mass is 9.96. The van der Waals surface area contributed by atoms with Crippen LogP contribution in [0, 0.1) is 17.7 Å². The number of hydrogen-bond donors (Lipinski definition) is 3. The van der Waals surface area contributed by atoms with Gasteiger partial charge in [0.25, 0.3) is 11.8 Å². The molecule has 1 aliphatic rings. The normalized spacial score (nSPS) is 15.4. The van der Waals surface area contributed by atoms with Crippen LogP contribution in [0.5, 0.6) is 0 Å². The van der Waals surface area contributed by atoms with Gasteiger partial charge in [0.05, 0.1) is 23.6 Å². The number of aromatic nitrogens is 4. The van der Waals surface area contributed by atoms with Crippen LogP contribution in [0.3, 0.4) is 0 Å². The number of nitrogens with one attached hydrogen (secondary N) is 2. The SMILES string of the molecule is CC(=O)N[C@@H](CC(C)C)C(=O)n1cc(-c2nc(C(=O)NC(C=NC3CCCCC3)=C(N)c3nc(F)ccc3F)cs2)cn1. The minimum absolute atomic E-state index is 0.0228. The van der Waals surface area contributed by atoms with Crippen molar-refractivity contribution in [2.75, 3.05) is 0 Å². The average molecular weight is 613 g/mol. The number of amides is 2. The lowest BCUT2D eigenvalue weighted by Crippen LogP contribution is -2.43. The van der Waals surface area contributed by atoms with Crippen molar-refractivity contribution in [3.63, 3.8) is 0 Å². The molecule has 1 fully saturated rings. The molecule has 228 valence electrons. The fourth-order valence-electron chi connectivity index (χ4n) is 4.66. The molecule has 43 heavy (non-hydrogen) atoms. The van der Waals surface area contributed by atoms with Gasteiger partial charge in [0, 0.05) is 30.3 Å². The molecule has 3 heterocycles. The lowest BCUT2D eigenvalue weighted by Gasteiger charge is -2.18. The zero-order valence-electron chi connectivity index (χ0n) is 24.1. The van der Waals surface area contributed by atoms with E-state index in [1.165, 1.54) is 30.9 Å². The summed E-state index contributed by atoms with van der Waals surface area (Å²) in [5.41, 5.74) is 5.93. The number of aliphatic imine (C=N–C) groups is 1. The Balaban J connectivity index is 1.56. The van der Waals surface area contributed by atoms with Crippen LogP contribution in [-0.2, 0) is 4.79 Å². The molecular formula is C29H34F2N8O3S. The van der Waals surface area contributed by atoms with Gasteiger partial charge >= 0.3 is 0 Å². The molecule has 1 aliphatic carbocycles. The van der Waals surface area contributed by atoms with Gasteiger partial charge in [0.1, 0.15) is 22.4 Å². The third-order valence-electron chi connectivity index (χ3n) is 6.77. The quantitative estimate of drug-likeness (QED) is 0.227. The van der Waals surface area contributed by atoms with Crippen molar-refractivity contribution in [2.24, 2.45) is 16.6 Å². The fraction of sp³-hybridized carbons (Fsp3) is 0.414. The summed E-state index contributed by atoms with van der Waals surface area (Å²) in [7, 11) is 0. The minimum atomic E-state index is -0.926. The molecule has 0 radical (unpaired) electrons. The summed E-state index contributed by atoms with van der Waals surface area (Å²) in [6.07, 6.45) is 9.65. The number of rotatable bonds is 10.